The largest absolute Gasteiger partial charge is 0.506 e. The van der Waals surface area contributed by atoms with Crippen LogP contribution >= 0.6 is 0 Å². The Balaban J connectivity index is 1.96. The zero-order chi connectivity index (χ0) is 20.2. The third-order valence-electron chi connectivity index (χ3n) is 4.66. The second kappa shape index (κ2) is 7.90. The molecule has 0 aliphatic rings. The lowest BCUT2D eigenvalue weighted by Gasteiger charge is -2.12. The van der Waals surface area contributed by atoms with Gasteiger partial charge in [0.05, 0.1) is 11.3 Å². The molecular weight excluding hydrogens is 362 g/mol. The molecule has 0 saturated heterocycles. The lowest BCUT2D eigenvalue weighted by molar-refractivity contribution is -0.110. The summed E-state index contributed by atoms with van der Waals surface area (Å²) in [6, 6.07) is 26.2. The van der Waals surface area contributed by atoms with E-state index in [1.54, 1.807) is 60.8 Å². The number of rotatable bonds is 5. The maximum atomic E-state index is 13.3. The zero-order valence-corrected chi connectivity index (χ0v) is 15.4. The predicted octanol–water partition coefficient (Wildman–Crippen LogP) is 5.11. The average Bonchev–Trinajstić information content (AvgIpc) is 2.80. The van der Waals surface area contributed by atoms with Crippen LogP contribution in [0.15, 0.2) is 97.2 Å². The maximum absolute atomic E-state index is 13.3. The van der Waals surface area contributed by atoms with Gasteiger partial charge in [0.1, 0.15) is 5.76 Å². The van der Waals surface area contributed by atoms with E-state index >= 15 is 0 Å². The lowest BCUT2D eigenvalue weighted by Crippen LogP contribution is -2.18. The first kappa shape index (κ1) is 18.3. The Morgan fingerprint density at radius 2 is 1.28 bits per heavy atom. The fraction of sp³-hybridized carbons (Fsp3) is 0. The van der Waals surface area contributed by atoms with E-state index in [4.69, 9.17) is 0 Å². The van der Waals surface area contributed by atoms with Gasteiger partial charge in [-0.25, -0.2) is 0 Å². The first-order valence-corrected chi connectivity index (χ1v) is 9.13. The summed E-state index contributed by atoms with van der Waals surface area (Å²) in [6.07, 6.45) is 1.57. The van der Waals surface area contributed by atoms with E-state index in [9.17, 15) is 14.7 Å². The number of pyridine rings is 1. The minimum atomic E-state index is -0.804. The van der Waals surface area contributed by atoms with Crippen molar-refractivity contribution in [2.75, 3.05) is 0 Å². The van der Waals surface area contributed by atoms with Gasteiger partial charge >= 0.3 is 0 Å². The van der Waals surface area contributed by atoms with Crippen molar-refractivity contribution in [3.63, 3.8) is 0 Å². The Labute approximate surface area is 167 Å². The number of carbonyl (C=O) groups excluding carboxylic acids is 2. The molecule has 4 nitrogen and oxygen atoms in total. The number of aliphatic hydroxyl groups excluding tert-OH is 1. The minimum Gasteiger partial charge on any atom is -0.506 e. The second-order valence-corrected chi connectivity index (χ2v) is 6.49. The van der Waals surface area contributed by atoms with Gasteiger partial charge in [0.2, 0.25) is 11.6 Å². The van der Waals surface area contributed by atoms with E-state index in [1.807, 2.05) is 36.4 Å². The topological polar surface area (TPSA) is 67.3 Å². The van der Waals surface area contributed by atoms with E-state index in [2.05, 4.69) is 4.98 Å². The van der Waals surface area contributed by atoms with E-state index in [0.29, 0.717) is 10.9 Å². The van der Waals surface area contributed by atoms with Crippen LogP contribution in [0.3, 0.4) is 0 Å². The number of hydrogen-bond donors (Lipinski definition) is 1. The first-order chi connectivity index (χ1) is 14.2. The smallest absolute Gasteiger partial charge is 0.239 e. The molecule has 0 spiro atoms. The van der Waals surface area contributed by atoms with Crippen LogP contribution in [-0.4, -0.2) is 21.7 Å². The predicted molar refractivity (Wildman–Crippen MR) is 113 cm³/mol. The number of aromatic nitrogens is 1. The number of aliphatic hydroxyl groups is 1. The van der Waals surface area contributed by atoms with Crippen molar-refractivity contribution < 1.29 is 14.7 Å². The van der Waals surface area contributed by atoms with Gasteiger partial charge in [0.25, 0.3) is 0 Å². The van der Waals surface area contributed by atoms with Gasteiger partial charge < -0.3 is 5.11 Å². The van der Waals surface area contributed by atoms with Gasteiger partial charge in [-0.3, -0.25) is 14.6 Å². The first-order valence-electron chi connectivity index (χ1n) is 9.13. The van der Waals surface area contributed by atoms with Crippen molar-refractivity contribution in [3.05, 3.63) is 114 Å². The third-order valence-corrected chi connectivity index (χ3v) is 4.66. The van der Waals surface area contributed by atoms with Crippen LogP contribution in [0.5, 0.6) is 0 Å². The van der Waals surface area contributed by atoms with Crippen molar-refractivity contribution in [1.29, 1.82) is 0 Å². The molecule has 0 saturated carbocycles. The number of Topliss-reactive ketones (excluding diaryl/α,β-unsaturated/α-hetero) is 2. The molecule has 4 rings (SSSR count). The fourth-order valence-corrected chi connectivity index (χ4v) is 3.22. The minimum absolute atomic E-state index is 0.109. The Kier molecular flexibility index (Phi) is 4.99. The quantitative estimate of drug-likeness (QED) is 0.226. The van der Waals surface area contributed by atoms with Crippen LogP contribution in [0.2, 0.25) is 0 Å². The molecule has 1 N–H and O–H groups in total. The number of benzene rings is 3. The van der Waals surface area contributed by atoms with Crippen molar-refractivity contribution in [2.45, 2.75) is 0 Å². The number of ketones is 2. The van der Waals surface area contributed by atoms with Gasteiger partial charge in [-0.2, -0.15) is 0 Å². The van der Waals surface area contributed by atoms with Gasteiger partial charge in [0, 0.05) is 22.7 Å². The number of fused-ring (bicyclic) bond motifs is 1. The van der Waals surface area contributed by atoms with Gasteiger partial charge in [0.15, 0.2) is 0 Å². The van der Waals surface area contributed by atoms with Gasteiger partial charge in [-0.05, 0) is 11.5 Å². The summed E-state index contributed by atoms with van der Waals surface area (Å²) in [6.45, 7) is 0. The second-order valence-electron chi connectivity index (χ2n) is 6.49. The molecule has 3 aromatic carbocycles. The molecular formula is C25H17NO3. The Hall–Kier alpha value is -4.05. The van der Waals surface area contributed by atoms with Gasteiger partial charge in [-0.15, -0.1) is 0 Å². The summed E-state index contributed by atoms with van der Waals surface area (Å²) in [5, 5.41) is 12.6. The molecule has 4 heteroatoms. The van der Waals surface area contributed by atoms with Crippen LogP contribution in [0, 0.1) is 0 Å². The number of allylic oxidation sites excluding steroid dienone is 1. The Morgan fingerprint density at radius 1 is 0.690 bits per heavy atom. The van der Waals surface area contributed by atoms with Gasteiger partial charge in [-0.1, -0.05) is 84.9 Å². The summed E-state index contributed by atoms with van der Waals surface area (Å²) < 4.78 is 0. The van der Waals surface area contributed by atoms with Crippen LogP contribution in [0.25, 0.3) is 22.1 Å². The molecule has 1 heterocycles. The van der Waals surface area contributed by atoms with E-state index in [1.165, 1.54) is 0 Å². The highest BCUT2D eigenvalue weighted by Crippen LogP contribution is 2.30. The third kappa shape index (κ3) is 3.56. The molecule has 29 heavy (non-hydrogen) atoms. The number of carbonyl (C=O) groups is 2. The highest BCUT2D eigenvalue weighted by atomic mass is 16.3. The molecule has 140 valence electrons. The Morgan fingerprint density at radius 3 is 1.97 bits per heavy atom. The normalized spacial score (nSPS) is 11.7. The monoisotopic (exact) mass is 379 g/mol. The summed E-state index contributed by atoms with van der Waals surface area (Å²) in [4.78, 5) is 30.6. The van der Waals surface area contributed by atoms with Crippen molar-refractivity contribution in [3.8, 4) is 0 Å². The summed E-state index contributed by atoms with van der Waals surface area (Å²) in [5.41, 5.74) is 0.864. The zero-order valence-electron chi connectivity index (χ0n) is 15.4. The van der Waals surface area contributed by atoms with Crippen LogP contribution in [-0.2, 0) is 4.79 Å². The van der Waals surface area contributed by atoms with Crippen molar-refractivity contribution >= 4 is 33.7 Å². The van der Waals surface area contributed by atoms with Crippen molar-refractivity contribution in [2.24, 2.45) is 0 Å². The molecule has 0 atom stereocenters. The standard InChI is InChI=1S/C25H17NO3/c27-23(18-10-3-1-4-11-18)21(25(29)24(28)19-12-5-2-6-13-19)22-20-14-8-7-9-17(20)15-16-26-22/h1-16,27H/b23-21-. The molecule has 1 aromatic heterocycles. The van der Waals surface area contributed by atoms with E-state index in [0.717, 1.165) is 5.39 Å². The summed E-state index contributed by atoms with van der Waals surface area (Å²) in [5.74, 6) is -1.78. The highest BCUT2D eigenvalue weighted by molar-refractivity contribution is 6.60. The summed E-state index contributed by atoms with van der Waals surface area (Å²) in [7, 11) is 0. The fourth-order valence-electron chi connectivity index (χ4n) is 3.22. The summed E-state index contributed by atoms with van der Waals surface area (Å²) >= 11 is 0. The molecule has 0 amide bonds. The average molecular weight is 379 g/mol. The molecule has 0 radical (unpaired) electrons. The maximum Gasteiger partial charge on any atom is 0.239 e. The van der Waals surface area contributed by atoms with Crippen LogP contribution in [0.1, 0.15) is 21.6 Å². The Bertz CT molecular complexity index is 1220. The van der Waals surface area contributed by atoms with Crippen molar-refractivity contribution in [1.82, 2.24) is 4.98 Å². The molecule has 0 aliphatic carbocycles. The molecule has 0 unspecified atom stereocenters. The van der Waals surface area contributed by atoms with E-state index in [-0.39, 0.29) is 22.6 Å². The SMILES string of the molecule is O=C(C(=O)c1ccccc1)/C(=C(\O)c1ccccc1)c1nccc2ccccc12. The highest BCUT2D eigenvalue weighted by Gasteiger charge is 2.28. The molecule has 0 fully saturated rings. The number of nitrogens with zero attached hydrogens (tertiary/aromatic N) is 1. The number of hydrogen-bond acceptors (Lipinski definition) is 4. The lowest BCUT2D eigenvalue weighted by atomic mass is 9.93. The van der Waals surface area contributed by atoms with Crippen LogP contribution < -0.4 is 0 Å². The van der Waals surface area contributed by atoms with E-state index < -0.39 is 11.6 Å². The molecule has 4 aromatic rings. The molecule has 0 aliphatic heterocycles. The van der Waals surface area contributed by atoms with Crippen LogP contribution in [0.4, 0.5) is 0 Å². The molecule has 0 bridgehead atoms.